The molecule has 0 atom stereocenters. The van der Waals surface area contributed by atoms with Gasteiger partial charge in [-0.2, -0.15) is 0 Å². The molecule has 0 saturated heterocycles. The number of amides is 1. The largest absolute Gasteiger partial charge is 0.451 e. The highest BCUT2D eigenvalue weighted by atomic mass is 35.5. The van der Waals surface area contributed by atoms with E-state index >= 15 is 0 Å². The molecule has 0 fully saturated rings. The van der Waals surface area contributed by atoms with Crippen LogP contribution < -0.4 is 10.0 Å². The van der Waals surface area contributed by atoms with Gasteiger partial charge in [0.05, 0.1) is 17.0 Å². The summed E-state index contributed by atoms with van der Waals surface area (Å²) in [6.45, 7) is 1.77. The molecule has 0 radical (unpaired) electrons. The van der Waals surface area contributed by atoms with Gasteiger partial charge in [-0.25, -0.2) is 8.42 Å². The van der Waals surface area contributed by atoms with Crippen LogP contribution in [0.25, 0.3) is 11.3 Å². The molecule has 0 saturated carbocycles. The second-order valence-corrected chi connectivity index (χ2v) is 8.16. The molecule has 0 unspecified atom stereocenters. The van der Waals surface area contributed by atoms with E-state index in [1.54, 1.807) is 49.4 Å². The van der Waals surface area contributed by atoms with Crippen LogP contribution in [0.5, 0.6) is 0 Å². The number of aryl methyl sites for hydroxylation is 1. The van der Waals surface area contributed by atoms with Crippen LogP contribution >= 0.6 is 11.6 Å². The van der Waals surface area contributed by atoms with Gasteiger partial charge in [-0.05, 0) is 48.9 Å². The van der Waals surface area contributed by atoms with Crippen LogP contribution in [0.2, 0.25) is 5.02 Å². The van der Waals surface area contributed by atoms with Gasteiger partial charge in [-0.1, -0.05) is 29.8 Å². The number of furan rings is 1. The monoisotopic (exact) mass is 404 g/mol. The number of carbonyl (C=O) groups excluding carboxylic acids is 1. The molecule has 2 aromatic carbocycles. The highest BCUT2D eigenvalue weighted by molar-refractivity contribution is 7.92. The summed E-state index contributed by atoms with van der Waals surface area (Å²) in [6, 6.07) is 15.3. The van der Waals surface area contributed by atoms with Crippen molar-refractivity contribution in [2.45, 2.75) is 6.92 Å². The smallest absolute Gasteiger partial charge is 0.291 e. The van der Waals surface area contributed by atoms with Crippen LogP contribution in [0.1, 0.15) is 16.1 Å². The molecule has 0 aliphatic rings. The first-order valence-electron chi connectivity index (χ1n) is 7.97. The predicted molar refractivity (Wildman–Crippen MR) is 107 cm³/mol. The van der Waals surface area contributed by atoms with Crippen LogP contribution in [0.15, 0.2) is 59.0 Å². The van der Waals surface area contributed by atoms with Crippen molar-refractivity contribution in [3.8, 4) is 11.3 Å². The molecule has 0 bridgehead atoms. The summed E-state index contributed by atoms with van der Waals surface area (Å²) < 4.78 is 30.9. The first-order valence-corrected chi connectivity index (χ1v) is 10.2. The lowest BCUT2D eigenvalue weighted by Crippen LogP contribution is -2.13. The minimum atomic E-state index is -3.42. The third-order valence-corrected chi connectivity index (χ3v) is 4.68. The van der Waals surface area contributed by atoms with Crippen LogP contribution in [0.3, 0.4) is 0 Å². The zero-order chi connectivity index (χ0) is 19.6. The van der Waals surface area contributed by atoms with Crippen molar-refractivity contribution in [1.82, 2.24) is 0 Å². The Morgan fingerprint density at radius 3 is 2.52 bits per heavy atom. The number of hydrogen-bond acceptors (Lipinski definition) is 4. The Labute approximate surface area is 162 Å². The maximum atomic E-state index is 12.4. The van der Waals surface area contributed by atoms with E-state index in [1.807, 2.05) is 12.1 Å². The number of sulfonamides is 1. The lowest BCUT2D eigenvalue weighted by atomic mass is 10.2. The zero-order valence-electron chi connectivity index (χ0n) is 14.6. The molecule has 1 amide bonds. The standard InChI is InChI=1S/C19H17ClN2O4S/c1-12-7-8-13(11-16(12)22-27(2,24)25)21-19(23)18-10-9-17(26-18)14-5-3-4-6-15(14)20/h3-11,22H,1-2H3,(H,21,23). The highest BCUT2D eigenvalue weighted by Crippen LogP contribution is 2.29. The second-order valence-electron chi connectivity index (χ2n) is 6.00. The van der Waals surface area contributed by atoms with Crippen molar-refractivity contribution in [3.05, 3.63) is 70.9 Å². The lowest BCUT2D eigenvalue weighted by molar-refractivity contribution is 0.0997. The first kappa shape index (κ1) is 19.0. The SMILES string of the molecule is Cc1ccc(NC(=O)c2ccc(-c3ccccc3Cl)o2)cc1NS(C)(=O)=O. The molecule has 2 N–H and O–H groups in total. The van der Waals surface area contributed by atoms with Crippen LogP contribution in [0.4, 0.5) is 11.4 Å². The third-order valence-electron chi connectivity index (χ3n) is 3.76. The van der Waals surface area contributed by atoms with Gasteiger partial charge < -0.3 is 9.73 Å². The van der Waals surface area contributed by atoms with Crippen molar-refractivity contribution in [3.63, 3.8) is 0 Å². The number of hydrogen-bond donors (Lipinski definition) is 2. The van der Waals surface area contributed by atoms with Gasteiger partial charge in [-0.15, -0.1) is 0 Å². The highest BCUT2D eigenvalue weighted by Gasteiger charge is 2.15. The summed E-state index contributed by atoms with van der Waals surface area (Å²) in [7, 11) is -3.42. The van der Waals surface area contributed by atoms with Gasteiger partial charge in [0.2, 0.25) is 10.0 Å². The summed E-state index contributed by atoms with van der Waals surface area (Å²) in [4.78, 5) is 12.4. The van der Waals surface area contributed by atoms with E-state index in [2.05, 4.69) is 10.0 Å². The fourth-order valence-corrected chi connectivity index (χ4v) is 3.32. The molecule has 6 nitrogen and oxygen atoms in total. The van der Waals surface area contributed by atoms with Crippen LogP contribution in [-0.4, -0.2) is 20.6 Å². The quantitative estimate of drug-likeness (QED) is 0.653. The van der Waals surface area contributed by atoms with E-state index in [0.29, 0.717) is 27.7 Å². The van der Waals surface area contributed by atoms with E-state index < -0.39 is 15.9 Å². The minimum absolute atomic E-state index is 0.114. The first-order chi connectivity index (χ1) is 12.7. The van der Waals surface area contributed by atoms with Crippen molar-refractivity contribution in [2.24, 2.45) is 0 Å². The molecule has 3 rings (SSSR count). The van der Waals surface area contributed by atoms with Gasteiger partial charge in [0.15, 0.2) is 5.76 Å². The molecule has 8 heteroatoms. The summed E-state index contributed by atoms with van der Waals surface area (Å²) >= 11 is 6.15. The number of rotatable bonds is 5. The third kappa shape index (κ3) is 4.69. The van der Waals surface area contributed by atoms with E-state index in [-0.39, 0.29) is 5.76 Å². The molecule has 27 heavy (non-hydrogen) atoms. The minimum Gasteiger partial charge on any atom is -0.451 e. The number of halogens is 1. The van der Waals surface area contributed by atoms with Crippen molar-refractivity contribution < 1.29 is 17.6 Å². The Bertz CT molecular complexity index is 1110. The fourth-order valence-electron chi connectivity index (χ4n) is 2.47. The predicted octanol–water partition coefficient (Wildman–Crippen LogP) is 4.53. The Hall–Kier alpha value is -2.77. The maximum Gasteiger partial charge on any atom is 0.291 e. The van der Waals surface area contributed by atoms with E-state index in [1.165, 1.54) is 0 Å². The molecule has 1 heterocycles. The van der Waals surface area contributed by atoms with Crippen LogP contribution in [0, 0.1) is 6.92 Å². The van der Waals surface area contributed by atoms with Crippen LogP contribution in [-0.2, 0) is 10.0 Å². The molecule has 0 aliphatic carbocycles. The zero-order valence-corrected chi connectivity index (χ0v) is 16.2. The molecular formula is C19H17ClN2O4S. The molecule has 140 valence electrons. The van der Waals surface area contributed by atoms with Gasteiger partial charge in [0, 0.05) is 11.3 Å². The molecular weight excluding hydrogens is 388 g/mol. The van der Waals surface area contributed by atoms with Gasteiger partial charge in [0.1, 0.15) is 5.76 Å². The Morgan fingerprint density at radius 1 is 1.07 bits per heavy atom. The van der Waals surface area contributed by atoms with Gasteiger partial charge in [0.25, 0.3) is 5.91 Å². The average Bonchev–Trinajstić information content (AvgIpc) is 3.07. The summed E-state index contributed by atoms with van der Waals surface area (Å²) in [5, 5.41) is 3.21. The Balaban J connectivity index is 1.80. The topological polar surface area (TPSA) is 88.4 Å². The summed E-state index contributed by atoms with van der Waals surface area (Å²) in [5.41, 5.74) is 2.25. The summed E-state index contributed by atoms with van der Waals surface area (Å²) in [5.74, 6) is 0.139. The number of carbonyl (C=O) groups is 1. The van der Waals surface area contributed by atoms with E-state index in [4.69, 9.17) is 16.0 Å². The van der Waals surface area contributed by atoms with Gasteiger partial charge in [-0.3, -0.25) is 9.52 Å². The summed E-state index contributed by atoms with van der Waals surface area (Å²) in [6.07, 6.45) is 1.07. The van der Waals surface area contributed by atoms with E-state index in [0.717, 1.165) is 11.8 Å². The number of nitrogens with one attached hydrogen (secondary N) is 2. The van der Waals surface area contributed by atoms with Crippen molar-refractivity contribution in [1.29, 1.82) is 0 Å². The number of anilines is 2. The molecule has 1 aromatic heterocycles. The fraction of sp³-hybridized carbons (Fsp3) is 0.105. The van der Waals surface area contributed by atoms with Crippen molar-refractivity contribution >= 4 is 38.9 Å². The number of benzene rings is 2. The molecule has 3 aromatic rings. The molecule has 0 spiro atoms. The maximum absolute atomic E-state index is 12.4. The van der Waals surface area contributed by atoms with E-state index in [9.17, 15) is 13.2 Å². The molecule has 0 aliphatic heterocycles. The average molecular weight is 405 g/mol. The van der Waals surface area contributed by atoms with Gasteiger partial charge >= 0.3 is 0 Å². The Kier molecular flexibility index (Phi) is 5.25. The normalized spacial score (nSPS) is 11.2. The lowest BCUT2D eigenvalue weighted by Gasteiger charge is -2.10. The second kappa shape index (κ2) is 7.46. The van der Waals surface area contributed by atoms with Crippen molar-refractivity contribution in [2.75, 3.05) is 16.3 Å². The Morgan fingerprint density at radius 2 is 1.81 bits per heavy atom.